The van der Waals surface area contributed by atoms with Crippen molar-refractivity contribution in [3.8, 4) is 11.5 Å². The number of hydrogen-bond acceptors (Lipinski definition) is 4. The van der Waals surface area contributed by atoms with E-state index >= 15 is 0 Å². The SMILES string of the molecule is CCCCCCCC/C=C\CCCCCCCC(Oc1c(C)c(C)c2c(c1C)CCC(C)(CC/C=C(\C)CC/C=C(\C)CCC=C(C)C)O2)O[Si](C)(C)OCCCCCCC. The summed E-state index contributed by atoms with van der Waals surface area (Å²) in [5, 5.41) is 0. The molecule has 0 spiro atoms. The average Bonchev–Trinajstić information content (AvgIpc) is 3.21. The highest BCUT2D eigenvalue weighted by Gasteiger charge is 2.36. The Morgan fingerprint density at radius 1 is 0.656 bits per heavy atom. The molecule has 0 fully saturated rings. The number of allylic oxidation sites excluding steroid dienone is 8. The van der Waals surface area contributed by atoms with Crippen LogP contribution in [-0.2, 0) is 15.3 Å². The van der Waals surface area contributed by atoms with E-state index in [9.17, 15) is 0 Å². The Kier molecular flexibility index (Phi) is 28.6. The molecule has 0 amide bonds. The van der Waals surface area contributed by atoms with Crippen LogP contribution in [0.3, 0.4) is 0 Å². The van der Waals surface area contributed by atoms with Crippen LogP contribution < -0.4 is 9.47 Å². The van der Waals surface area contributed by atoms with Gasteiger partial charge in [-0.25, -0.2) is 0 Å². The van der Waals surface area contributed by atoms with Crippen LogP contribution in [0.2, 0.25) is 13.1 Å². The van der Waals surface area contributed by atoms with E-state index < -0.39 is 8.56 Å². The van der Waals surface area contributed by atoms with Crippen LogP contribution in [0, 0.1) is 20.8 Å². The minimum atomic E-state index is -2.40. The maximum absolute atomic E-state index is 7.01. The molecule has 4 nitrogen and oxygen atoms in total. The lowest BCUT2D eigenvalue weighted by Crippen LogP contribution is -2.41. The quantitative estimate of drug-likeness (QED) is 0.0295. The van der Waals surface area contributed by atoms with Gasteiger partial charge in [0.1, 0.15) is 17.1 Å². The van der Waals surface area contributed by atoms with Gasteiger partial charge in [-0.1, -0.05) is 138 Å². The maximum atomic E-state index is 7.01. The lowest BCUT2D eigenvalue weighted by Gasteiger charge is -2.38. The number of fused-ring (bicyclic) bond motifs is 1. The molecule has 0 bridgehead atoms. The van der Waals surface area contributed by atoms with E-state index in [1.165, 1.54) is 142 Å². The second kappa shape index (κ2) is 31.7. The summed E-state index contributed by atoms with van der Waals surface area (Å²) in [5.41, 5.74) is 9.15. The molecular formula is C56H98O4Si. The standard InChI is InChI=1S/C56H98O4Si/c1-13-15-17-19-20-21-22-23-24-25-26-27-28-29-31-41-53(60-61(11,12)57-45-32-30-18-16-14-2)58-54-49(7)50(8)55-52(51(54)9)42-44-56(10,59-55)43-35-40-48(6)39-34-38-47(5)37-33-36-46(3)4/h23-24,36,38,40,53H,13-22,25-35,37,39,41-45H2,1-12H3/b24-23-,47-38+,48-40+. The molecule has 0 radical (unpaired) electrons. The Balaban J connectivity index is 2.02. The summed E-state index contributed by atoms with van der Waals surface area (Å²) in [6.07, 6.45) is 44.4. The highest BCUT2D eigenvalue weighted by Crippen LogP contribution is 2.45. The van der Waals surface area contributed by atoms with E-state index in [4.69, 9.17) is 18.3 Å². The minimum Gasteiger partial charge on any atom is -0.487 e. The van der Waals surface area contributed by atoms with Gasteiger partial charge in [-0.2, -0.15) is 0 Å². The van der Waals surface area contributed by atoms with E-state index in [0.29, 0.717) is 0 Å². The van der Waals surface area contributed by atoms with Crippen molar-refractivity contribution in [3.63, 3.8) is 0 Å². The molecule has 1 heterocycles. The van der Waals surface area contributed by atoms with Crippen LogP contribution in [0.25, 0.3) is 0 Å². The number of unbranched alkanes of at least 4 members (excludes halogenated alkanes) is 15. The predicted octanol–water partition coefficient (Wildman–Crippen LogP) is 18.3. The van der Waals surface area contributed by atoms with Crippen LogP contribution >= 0.6 is 0 Å². The molecule has 0 saturated carbocycles. The highest BCUT2D eigenvalue weighted by molar-refractivity contribution is 6.64. The molecule has 2 atom stereocenters. The first-order valence-electron chi connectivity index (χ1n) is 25.6. The summed E-state index contributed by atoms with van der Waals surface area (Å²) in [7, 11) is -2.40. The fourth-order valence-corrected chi connectivity index (χ4v) is 10.1. The predicted molar refractivity (Wildman–Crippen MR) is 270 cm³/mol. The number of hydrogen-bond donors (Lipinski definition) is 0. The Bertz CT molecular complexity index is 1460. The van der Waals surface area contributed by atoms with Crippen molar-refractivity contribution in [3.05, 3.63) is 69.4 Å². The molecule has 2 rings (SSSR count). The number of benzene rings is 1. The molecule has 1 aliphatic rings. The number of ether oxygens (including phenoxy) is 2. The van der Waals surface area contributed by atoms with Crippen molar-refractivity contribution in [1.82, 2.24) is 0 Å². The Morgan fingerprint density at radius 3 is 1.80 bits per heavy atom. The van der Waals surface area contributed by atoms with E-state index in [1.807, 2.05) is 0 Å². The molecule has 0 N–H and O–H groups in total. The zero-order valence-electron chi connectivity index (χ0n) is 42.4. The first kappa shape index (κ1) is 55.0. The van der Waals surface area contributed by atoms with Gasteiger partial charge in [-0.15, -0.1) is 0 Å². The molecule has 0 saturated heterocycles. The largest absolute Gasteiger partial charge is 0.487 e. The van der Waals surface area contributed by atoms with E-state index in [0.717, 1.165) is 88.7 Å². The van der Waals surface area contributed by atoms with Crippen molar-refractivity contribution < 1.29 is 18.3 Å². The summed E-state index contributed by atoms with van der Waals surface area (Å²) < 4.78 is 27.4. The van der Waals surface area contributed by atoms with Crippen molar-refractivity contribution in [1.29, 1.82) is 0 Å². The molecule has 5 heteroatoms. The molecule has 350 valence electrons. The van der Waals surface area contributed by atoms with Crippen LogP contribution in [-0.4, -0.2) is 27.1 Å². The Morgan fingerprint density at radius 2 is 1.20 bits per heavy atom. The molecule has 61 heavy (non-hydrogen) atoms. The molecule has 2 unspecified atom stereocenters. The Labute approximate surface area is 380 Å². The summed E-state index contributed by atoms with van der Waals surface area (Å²) in [4.78, 5) is 0. The number of rotatable bonds is 35. The topological polar surface area (TPSA) is 36.9 Å². The summed E-state index contributed by atoms with van der Waals surface area (Å²) >= 11 is 0. The summed E-state index contributed by atoms with van der Waals surface area (Å²) in [5.74, 6) is 2.08. The lowest BCUT2D eigenvalue weighted by molar-refractivity contribution is -0.0317. The van der Waals surface area contributed by atoms with Crippen LogP contribution in [0.15, 0.2) is 47.1 Å². The molecular weight excluding hydrogens is 765 g/mol. The van der Waals surface area contributed by atoms with Crippen molar-refractivity contribution >= 4 is 8.56 Å². The molecule has 1 aromatic carbocycles. The first-order valence-corrected chi connectivity index (χ1v) is 28.4. The van der Waals surface area contributed by atoms with Gasteiger partial charge in [0.2, 0.25) is 0 Å². The molecule has 0 aliphatic carbocycles. The third-order valence-electron chi connectivity index (χ3n) is 12.9. The van der Waals surface area contributed by atoms with Crippen LogP contribution in [0.5, 0.6) is 11.5 Å². The molecule has 1 aliphatic heterocycles. The normalized spacial score (nSPS) is 16.5. The first-order chi connectivity index (χ1) is 29.2. The smallest absolute Gasteiger partial charge is 0.334 e. The second-order valence-corrected chi connectivity index (χ2v) is 23.1. The summed E-state index contributed by atoms with van der Waals surface area (Å²) in [6.45, 7) is 27.7. The van der Waals surface area contributed by atoms with E-state index in [1.54, 1.807) is 0 Å². The third kappa shape index (κ3) is 24.0. The maximum Gasteiger partial charge on any atom is 0.334 e. The zero-order valence-corrected chi connectivity index (χ0v) is 43.4. The average molecular weight is 863 g/mol. The van der Waals surface area contributed by atoms with Crippen LogP contribution in [0.1, 0.15) is 238 Å². The van der Waals surface area contributed by atoms with Gasteiger partial charge in [0.15, 0.2) is 6.29 Å². The van der Waals surface area contributed by atoms with Gasteiger partial charge < -0.3 is 18.3 Å². The van der Waals surface area contributed by atoms with E-state index in [2.05, 4.69) is 113 Å². The molecule has 0 aromatic heterocycles. The highest BCUT2D eigenvalue weighted by atomic mass is 28.4. The van der Waals surface area contributed by atoms with Crippen molar-refractivity contribution in [2.75, 3.05) is 6.61 Å². The lowest BCUT2D eigenvalue weighted by atomic mass is 9.85. The van der Waals surface area contributed by atoms with Gasteiger partial charge in [0.25, 0.3) is 0 Å². The van der Waals surface area contributed by atoms with Crippen molar-refractivity contribution in [2.24, 2.45) is 0 Å². The second-order valence-electron chi connectivity index (χ2n) is 19.8. The Hall–Kier alpha value is -2.08. The fraction of sp³-hybridized carbons (Fsp3) is 0.750. The summed E-state index contributed by atoms with van der Waals surface area (Å²) in [6, 6.07) is 0. The van der Waals surface area contributed by atoms with E-state index in [-0.39, 0.29) is 11.9 Å². The van der Waals surface area contributed by atoms with Gasteiger partial charge in [-0.05, 0) is 175 Å². The van der Waals surface area contributed by atoms with Gasteiger partial charge in [0.05, 0.1) is 0 Å². The van der Waals surface area contributed by atoms with Gasteiger partial charge >= 0.3 is 8.56 Å². The molecule has 1 aromatic rings. The zero-order chi connectivity index (χ0) is 44.9. The van der Waals surface area contributed by atoms with Crippen molar-refractivity contribution in [2.45, 2.75) is 268 Å². The monoisotopic (exact) mass is 863 g/mol. The fourth-order valence-electron chi connectivity index (χ4n) is 8.63. The van der Waals surface area contributed by atoms with Crippen LogP contribution in [0.4, 0.5) is 0 Å². The van der Waals surface area contributed by atoms with Gasteiger partial charge in [0, 0.05) is 18.6 Å². The third-order valence-corrected chi connectivity index (χ3v) is 14.6. The minimum absolute atomic E-state index is 0.170. The van der Waals surface area contributed by atoms with Gasteiger partial charge in [-0.3, -0.25) is 0 Å².